The minimum atomic E-state index is -4.88. The average Bonchev–Trinajstić information content (AvgIpc) is 3.54. The molecule has 12 heteroatoms. The number of urea groups is 1. The lowest BCUT2D eigenvalue weighted by molar-refractivity contribution is -0.274. The number of alkyl halides is 3. The molecule has 1 saturated heterocycles. The van der Waals surface area contributed by atoms with Crippen molar-refractivity contribution in [1.29, 1.82) is 0 Å². The van der Waals surface area contributed by atoms with Crippen LogP contribution >= 0.6 is 0 Å². The second-order valence-corrected chi connectivity index (χ2v) is 10.1. The standard InChI is InChI=1S/C25H26F3N7O2/c26-25(27,28)37-19-11-16(13-31-21(19)29)18-12-20-23(7-10-35(20)33-18)6-9-34(15-23)22(36)32-24(4-2-5-24)17-3-1-8-30-14-17/h1,3,8,11-14H,2,4-7,9-10,15H2,(H2,29,31)(H,32,36). The molecule has 0 aromatic carbocycles. The fraction of sp³-hybridized carbons (Fsp3) is 0.440. The van der Waals surface area contributed by atoms with E-state index < -0.39 is 12.1 Å². The summed E-state index contributed by atoms with van der Waals surface area (Å²) in [5.41, 5.74) is 7.81. The van der Waals surface area contributed by atoms with Gasteiger partial charge in [0.25, 0.3) is 0 Å². The van der Waals surface area contributed by atoms with Gasteiger partial charge in [0.1, 0.15) is 0 Å². The van der Waals surface area contributed by atoms with E-state index in [2.05, 4.69) is 25.1 Å². The molecule has 1 spiro atoms. The van der Waals surface area contributed by atoms with E-state index >= 15 is 0 Å². The third kappa shape index (κ3) is 4.13. The molecule has 6 rings (SSSR count). The number of ether oxygens (including phenoxy) is 1. The second kappa shape index (κ2) is 8.35. The molecule has 9 nitrogen and oxygen atoms in total. The number of pyridine rings is 2. The van der Waals surface area contributed by atoms with E-state index in [9.17, 15) is 18.0 Å². The second-order valence-electron chi connectivity index (χ2n) is 10.1. The first kappa shape index (κ1) is 23.6. The van der Waals surface area contributed by atoms with Gasteiger partial charge in [-0.25, -0.2) is 9.78 Å². The molecule has 1 aliphatic carbocycles. The molecule has 3 N–H and O–H groups in total. The summed E-state index contributed by atoms with van der Waals surface area (Å²) in [6.45, 7) is 1.83. The number of carbonyl (C=O) groups excluding carboxylic acids is 1. The number of fused-ring (bicyclic) bond motifs is 2. The molecule has 1 saturated carbocycles. The molecule has 1 unspecified atom stereocenters. The number of likely N-dealkylation sites (tertiary alicyclic amines) is 1. The van der Waals surface area contributed by atoms with Crippen molar-refractivity contribution in [2.75, 3.05) is 18.8 Å². The maximum atomic E-state index is 13.3. The number of nitrogens with two attached hydrogens (primary N) is 1. The third-order valence-corrected chi connectivity index (χ3v) is 7.94. The molecule has 2 amide bonds. The molecule has 1 atom stereocenters. The lowest BCUT2D eigenvalue weighted by atomic mass is 9.72. The summed E-state index contributed by atoms with van der Waals surface area (Å²) in [6, 6.07) is 6.88. The SMILES string of the molecule is Nc1ncc(-c2cc3n(n2)CCC32CCN(C(=O)NC3(c4cccnc4)CCC3)C2)cc1OC(F)(F)F. The van der Waals surface area contributed by atoms with Gasteiger partial charge in [0.15, 0.2) is 11.6 Å². The quantitative estimate of drug-likeness (QED) is 0.547. The summed E-state index contributed by atoms with van der Waals surface area (Å²) >= 11 is 0. The Kier molecular flexibility index (Phi) is 5.32. The summed E-state index contributed by atoms with van der Waals surface area (Å²) in [6.07, 6.45) is 4.50. The molecule has 0 radical (unpaired) electrons. The number of nitrogen functional groups attached to an aromatic ring is 1. The molecule has 3 aromatic heterocycles. The number of amides is 2. The first-order chi connectivity index (χ1) is 17.7. The van der Waals surface area contributed by atoms with Crippen LogP contribution in [0.3, 0.4) is 0 Å². The number of aromatic nitrogens is 4. The minimum absolute atomic E-state index is 0.0877. The van der Waals surface area contributed by atoms with Crippen molar-refractivity contribution in [3.05, 3.63) is 54.1 Å². The summed E-state index contributed by atoms with van der Waals surface area (Å²) in [7, 11) is 0. The lowest BCUT2D eigenvalue weighted by Crippen LogP contribution is -2.54. The van der Waals surface area contributed by atoms with Crippen molar-refractivity contribution in [1.82, 2.24) is 30.0 Å². The zero-order chi connectivity index (χ0) is 25.8. The van der Waals surface area contributed by atoms with Gasteiger partial charge in [-0.3, -0.25) is 9.67 Å². The van der Waals surface area contributed by atoms with E-state index in [1.54, 1.807) is 6.20 Å². The van der Waals surface area contributed by atoms with E-state index in [0.29, 0.717) is 30.9 Å². The first-order valence-electron chi connectivity index (χ1n) is 12.2. The highest BCUT2D eigenvalue weighted by Crippen LogP contribution is 2.45. The van der Waals surface area contributed by atoms with Gasteiger partial charge in [-0.15, -0.1) is 13.2 Å². The Labute approximate surface area is 210 Å². The molecule has 0 bridgehead atoms. The van der Waals surface area contributed by atoms with Crippen molar-refractivity contribution >= 4 is 11.8 Å². The van der Waals surface area contributed by atoms with Crippen molar-refractivity contribution in [3.8, 4) is 17.0 Å². The fourth-order valence-corrected chi connectivity index (χ4v) is 5.81. The van der Waals surface area contributed by atoms with Gasteiger partial charge in [-0.2, -0.15) is 5.10 Å². The van der Waals surface area contributed by atoms with Crippen LogP contribution in [0.1, 0.15) is 43.4 Å². The smallest absolute Gasteiger partial charge is 0.402 e. The van der Waals surface area contributed by atoms with Crippen LogP contribution in [0.25, 0.3) is 11.3 Å². The van der Waals surface area contributed by atoms with Gasteiger partial charge in [0.2, 0.25) is 0 Å². The fourth-order valence-electron chi connectivity index (χ4n) is 5.81. The lowest BCUT2D eigenvalue weighted by Gasteiger charge is -2.43. The van der Waals surface area contributed by atoms with Crippen molar-refractivity contribution < 1.29 is 22.7 Å². The number of anilines is 1. The number of nitrogens with zero attached hydrogens (tertiary/aromatic N) is 5. The Morgan fingerprint density at radius 1 is 1.14 bits per heavy atom. The first-order valence-corrected chi connectivity index (χ1v) is 12.2. The molecule has 2 fully saturated rings. The summed E-state index contributed by atoms with van der Waals surface area (Å²) in [5.74, 6) is -0.910. The van der Waals surface area contributed by atoms with E-state index in [1.807, 2.05) is 34.0 Å². The molecule has 3 aromatic rings. The number of nitrogens with one attached hydrogen (secondary N) is 1. The molecular weight excluding hydrogens is 487 g/mol. The maximum Gasteiger partial charge on any atom is 0.573 e. The zero-order valence-electron chi connectivity index (χ0n) is 20.0. The van der Waals surface area contributed by atoms with Gasteiger partial charge in [0.05, 0.1) is 11.2 Å². The maximum absolute atomic E-state index is 13.3. The van der Waals surface area contributed by atoms with Crippen LogP contribution in [0.5, 0.6) is 5.75 Å². The monoisotopic (exact) mass is 513 g/mol. The van der Waals surface area contributed by atoms with Crippen LogP contribution in [0, 0.1) is 0 Å². The number of hydrogen-bond acceptors (Lipinski definition) is 6. The van der Waals surface area contributed by atoms with Crippen LogP contribution in [-0.4, -0.2) is 50.1 Å². The van der Waals surface area contributed by atoms with Gasteiger partial charge >= 0.3 is 12.4 Å². The highest BCUT2D eigenvalue weighted by atomic mass is 19.4. The predicted molar refractivity (Wildman–Crippen MR) is 127 cm³/mol. The van der Waals surface area contributed by atoms with Crippen LogP contribution < -0.4 is 15.8 Å². The highest BCUT2D eigenvalue weighted by Gasteiger charge is 2.48. The summed E-state index contributed by atoms with van der Waals surface area (Å²) in [5, 5.41) is 7.89. The number of hydrogen-bond donors (Lipinski definition) is 2. The topological polar surface area (TPSA) is 111 Å². The Balaban J connectivity index is 1.20. The number of carbonyl (C=O) groups is 1. The molecule has 194 valence electrons. The van der Waals surface area contributed by atoms with Crippen molar-refractivity contribution in [2.24, 2.45) is 0 Å². The number of aryl methyl sites for hydroxylation is 1. The van der Waals surface area contributed by atoms with Crippen LogP contribution in [0.15, 0.2) is 42.9 Å². The van der Waals surface area contributed by atoms with Crippen LogP contribution in [0.4, 0.5) is 23.8 Å². The van der Waals surface area contributed by atoms with E-state index in [4.69, 9.17) is 5.73 Å². The minimum Gasteiger partial charge on any atom is -0.402 e. The molecule has 3 aliphatic rings. The Hall–Kier alpha value is -3.83. The highest BCUT2D eigenvalue weighted by molar-refractivity contribution is 5.76. The molecular formula is C25H26F3N7O2. The van der Waals surface area contributed by atoms with Crippen LogP contribution in [0.2, 0.25) is 0 Å². The van der Waals surface area contributed by atoms with Gasteiger partial charge in [-0.1, -0.05) is 6.07 Å². The van der Waals surface area contributed by atoms with Gasteiger partial charge < -0.3 is 20.7 Å². The molecule has 5 heterocycles. The normalized spacial score (nSPS) is 22.1. The average molecular weight is 514 g/mol. The van der Waals surface area contributed by atoms with Gasteiger partial charge in [0, 0.05) is 54.9 Å². The van der Waals surface area contributed by atoms with Crippen LogP contribution in [-0.2, 0) is 17.5 Å². The predicted octanol–water partition coefficient (Wildman–Crippen LogP) is 3.96. The van der Waals surface area contributed by atoms with Gasteiger partial charge in [-0.05, 0) is 55.9 Å². The molecule has 37 heavy (non-hydrogen) atoms. The summed E-state index contributed by atoms with van der Waals surface area (Å²) < 4.78 is 44.1. The van der Waals surface area contributed by atoms with Crippen molar-refractivity contribution in [2.45, 2.75) is 56.0 Å². The molecule has 2 aliphatic heterocycles. The van der Waals surface area contributed by atoms with E-state index in [1.165, 1.54) is 12.3 Å². The van der Waals surface area contributed by atoms with E-state index in [-0.39, 0.29) is 22.8 Å². The Bertz CT molecular complexity index is 1340. The van der Waals surface area contributed by atoms with Crippen molar-refractivity contribution in [3.63, 3.8) is 0 Å². The third-order valence-electron chi connectivity index (χ3n) is 7.94. The number of rotatable bonds is 4. The number of halogens is 3. The zero-order valence-corrected chi connectivity index (χ0v) is 20.0. The van der Waals surface area contributed by atoms with E-state index in [0.717, 1.165) is 43.4 Å². The largest absolute Gasteiger partial charge is 0.573 e. The Morgan fingerprint density at radius 3 is 2.65 bits per heavy atom. The Morgan fingerprint density at radius 2 is 1.95 bits per heavy atom. The summed E-state index contributed by atoms with van der Waals surface area (Å²) in [4.78, 5) is 23.3.